The number of nitrogens with zero attached hydrogens (tertiary/aromatic N) is 2. The molecule has 1 aliphatic rings. The molecule has 0 bridgehead atoms. The summed E-state index contributed by atoms with van der Waals surface area (Å²) in [4.78, 5) is 21.1. The predicted octanol–water partition coefficient (Wildman–Crippen LogP) is 4.01. The molecule has 3 aromatic rings. The topological polar surface area (TPSA) is 63.1 Å². The van der Waals surface area contributed by atoms with Crippen LogP contribution >= 0.6 is 12.4 Å². The van der Waals surface area contributed by atoms with Crippen LogP contribution in [0.5, 0.6) is 0 Å². The highest BCUT2D eigenvalue weighted by Gasteiger charge is 2.19. The Bertz CT molecular complexity index is 967. The smallest absolute Gasteiger partial charge is 0.336 e. The molecule has 1 aromatic carbocycles. The number of aromatic carboxylic acids is 1. The van der Waals surface area contributed by atoms with E-state index in [1.807, 2.05) is 19.9 Å². The van der Waals surface area contributed by atoms with Gasteiger partial charge in [-0.2, -0.15) is 0 Å². The molecule has 118 valence electrons. The number of carboxylic acids is 1. The van der Waals surface area contributed by atoms with Crippen LogP contribution in [0.1, 0.15) is 39.3 Å². The molecule has 1 aliphatic carbocycles. The first-order valence-corrected chi connectivity index (χ1v) is 7.51. The molecule has 5 heteroatoms. The lowest BCUT2D eigenvalue weighted by Gasteiger charge is -2.11. The Morgan fingerprint density at radius 2 is 1.87 bits per heavy atom. The summed E-state index contributed by atoms with van der Waals surface area (Å²) in [5.41, 5.74) is 6.12. The lowest BCUT2D eigenvalue weighted by Crippen LogP contribution is -2.02. The average Bonchev–Trinajstić information content (AvgIpc) is 2.93. The Hall–Kier alpha value is -2.20. The SMILES string of the molecule is Cc1cc2c(C(=O)O)cc3cc4c(nc3c2nc1C)CCC4.Cl. The lowest BCUT2D eigenvalue weighted by atomic mass is 10.0. The standard InChI is InChI=1S/C18H16N2O2.ClH/c1-9-6-13-14(18(21)22)8-12-7-11-4-3-5-15(11)20-16(12)17(13)19-10(9)2;/h6-8H,3-5H2,1-2H3,(H,21,22);1H. The van der Waals surface area contributed by atoms with Crippen molar-refractivity contribution in [2.24, 2.45) is 0 Å². The molecule has 0 amide bonds. The quantitative estimate of drug-likeness (QED) is 0.685. The van der Waals surface area contributed by atoms with Gasteiger partial charge in [-0.15, -0.1) is 12.4 Å². The maximum Gasteiger partial charge on any atom is 0.336 e. The fourth-order valence-electron chi connectivity index (χ4n) is 3.29. The number of carboxylic acid groups (broad SMARTS) is 1. The molecule has 4 rings (SSSR count). The summed E-state index contributed by atoms with van der Waals surface area (Å²) < 4.78 is 0. The predicted molar refractivity (Wildman–Crippen MR) is 92.8 cm³/mol. The molecule has 4 nitrogen and oxygen atoms in total. The maximum absolute atomic E-state index is 11.6. The summed E-state index contributed by atoms with van der Waals surface area (Å²) in [5, 5.41) is 11.1. The highest BCUT2D eigenvalue weighted by Crippen LogP contribution is 2.31. The van der Waals surface area contributed by atoms with E-state index < -0.39 is 5.97 Å². The first-order chi connectivity index (χ1) is 10.5. The van der Waals surface area contributed by atoms with Gasteiger partial charge in [0, 0.05) is 22.2 Å². The molecule has 23 heavy (non-hydrogen) atoms. The Labute approximate surface area is 140 Å². The van der Waals surface area contributed by atoms with Gasteiger partial charge < -0.3 is 5.11 Å². The molecular formula is C18H17ClN2O2. The number of rotatable bonds is 1. The van der Waals surface area contributed by atoms with Gasteiger partial charge >= 0.3 is 5.97 Å². The van der Waals surface area contributed by atoms with Gasteiger partial charge in [0.15, 0.2) is 0 Å². The lowest BCUT2D eigenvalue weighted by molar-refractivity contribution is 0.0699. The number of benzene rings is 1. The van der Waals surface area contributed by atoms with E-state index in [0.717, 1.165) is 47.1 Å². The minimum Gasteiger partial charge on any atom is -0.478 e. The third kappa shape index (κ3) is 2.34. The minimum atomic E-state index is -0.919. The van der Waals surface area contributed by atoms with Crippen LogP contribution in [0.3, 0.4) is 0 Å². The molecule has 0 unspecified atom stereocenters. The Kier molecular flexibility index (Phi) is 3.72. The van der Waals surface area contributed by atoms with Crippen LogP contribution in [0, 0.1) is 13.8 Å². The Morgan fingerprint density at radius 3 is 2.61 bits per heavy atom. The second kappa shape index (κ2) is 5.46. The number of pyridine rings is 2. The number of carbonyl (C=O) groups is 1. The van der Waals surface area contributed by atoms with Gasteiger partial charge in [-0.25, -0.2) is 4.79 Å². The molecule has 0 fully saturated rings. The second-order valence-electron chi connectivity index (χ2n) is 6.04. The summed E-state index contributed by atoms with van der Waals surface area (Å²) in [5.74, 6) is -0.919. The first-order valence-electron chi connectivity index (χ1n) is 7.51. The molecule has 2 heterocycles. The summed E-state index contributed by atoms with van der Waals surface area (Å²) >= 11 is 0. The van der Waals surface area contributed by atoms with Crippen LogP contribution in [-0.2, 0) is 12.8 Å². The first kappa shape index (κ1) is 15.7. The van der Waals surface area contributed by atoms with Crippen LogP contribution < -0.4 is 0 Å². The molecule has 0 radical (unpaired) electrons. The largest absolute Gasteiger partial charge is 0.478 e. The van der Waals surface area contributed by atoms with Crippen molar-refractivity contribution in [1.29, 1.82) is 0 Å². The van der Waals surface area contributed by atoms with E-state index in [4.69, 9.17) is 4.98 Å². The van der Waals surface area contributed by atoms with E-state index in [2.05, 4.69) is 11.1 Å². The van der Waals surface area contributed by atoms with E-state index in [0.29, 0.717) is 16.5 Å². The molecule has 0 spiro atoms. The Morgan fingerprint density at radius 1 is 1.09 bits per heavy atom. The van der Waals surface area contributed by atoms with Crippen molar-refractivity contribution in [3.05, 3.63) is 46.3 Å². The molecule has 0 saturated carbocycles. The number of fused-ring (bicyclic) bond motifs is 4. The van der Waals surface area contributed by atoms with Crippen LogP contribution in [-0.4, -0.2) is 21.0 Å². The van der Waals surface area contributed by atoms with Crippen molar-refractivity contribution in [3.8, 4) is 0 Å². The van der Waals surface area contributed by atoms with Gasteiger partial charge in [-0.1, -0.05) is 0 Å². The number of aryl methyl sites for hydroxylation is 4. The number of hydrogen-bond acceptors (Lipinski definition) is 3. The van der Waals surface area contributed by atoms with Gasteiger partial charge in [-0.05, 0) is 62.4 Å². The van der Waals surface area contributed by atoms with E-state index in [9.17, 15) is 9.90 Å². The van der Waals surface area contributed by atoms with Crippen molar-refractivity contribution in [2.75, 3.05) is 0 Å². The zero-order valence-corrected chi connectivity index (χ0v) is 13.8. The third-order valence-corrected chi connectivity index (χ3v) is 4.59. The maximum atomic E-state index is 11.6. The van der Waals surface area contributed by atoms with E-state index in [1.54, 1.807) is 6.07 Å². The summed E-state index contributed by atoms with van der Waals surface area (Å²) in [7, 11) is 0. The van der Waals surface area contributed by atoms with Gasteiger partial charge in [0.05, 0.1) is 16.6 Å². The number of aromatic nitrogens is 2. The second-order valence-corrected chi connectivity index (χ2v) is 6.04. The molecule has 1 N–H and O–H groups in total. The molecule has 0 aliphatic heterocycles. The molecular weight excluding hydrogens is 312 g/mol. The van der Waals surface area contributed by atoms with Crippen LogP contribution in [0.2, 0.25) is 0 Å². The van der Waals surface area contributed by atoms with Gasteiger partial charge in [0.2, 0.25) is 0 Å². The van der Waals surface area contributed by atoms with E-state index in [-0.39, 0.29) is 12.4 Å². The van der Waals surface area contributed by atoms with Crippen LogP contribution in [0.25, 0.3) is 21.8 Å². The van der Waals surface area contributed by atoms with E-state index >= 15 is 0 Å². The van der Waals surface area contributed by atoms with Crippen molar-refractivity contribution in [3.63, 3.8) is 0 Å². The fourth-order valence-corrected chi connectivity index (χ4v) is 3.29. The van der Waals surface area contributed by atoms with E-state index in [1.165, 1.54) is 5.56 Å². The van der Waals surface area contributed by atoms with Crippen LogP contribution in [0.4, 0.5) is 0 Å². The van der Waals surface area contributed by atoms with Crippen molar-refractivity contribution in [1.82, 2.24) is 9.97 Å². The zero-order valence-electron chi connectivity index (χ0n) is 13.0. The summed E-state index contributed by atoms with van der Waals surface area (Å²) in [6, 6.07) is 5.74. The average molecular weight is 329 g/mol. The van der Waals surface area contributed by atoms with Gasteiger partial charge in [0.1, 0.15) is 0 Å². The minimum absolute atomic E-state index is 0. The van der Waals surface area contributed by atoms with Crippen molar-refractivity contribution >= 4 is 40.2 Å². The number of halogens is 1. The third-order valence-electron chi connectivity index (χ3n) is 4.59. The monoisotopic (exact) mass is 328 g/mol. The van der Waals surface area contributed by atoms with Crippen molar-refractivity contribution < 1.29 is 9.90 Å². The molecule has 0 saturated heterocycles. The molecule has 2 aromatic heterocycles. The normalized spacial score (nSPS) is 13.1. The summed E-state index contributed by atoms with van der Waals surface area (Å²) in [6.07, 6.45) is 3.14. The highest BCUT2D eigenvalue weighted by molar-refractivity contribution is 6.13. The Balaban J connectivity index is 0.00000156. The highest BCUT2D eigenvalue weighted by atomic mass is 35.5. The van der Waals surface area contributed by atoms with Gasteiger partial charge in [-0.3, -0.25) is 9.97 Å². The van der Waals surface area contributed by atoms with Crippen molar-refractivity contribution in [2.45, 2.75) is 33.1 Å². The van der Waals surface area contributed by atoms with Gasteiger partial charge in [0.25, 0.3) is 0 Å². The van der Waals surface area contributed by atoms with Crippen LogP contribution in [0.15, 0.2) is 18.2 Å². The fraction of sp³-hybridized carbons (Fsp3) is 0.278. The number of hydrogen-bond donors (Lipinski definition) is 1. The molecule has 0 atom stereocenters. The zero-order chi connectivity index (χ0) is 15.4. The summed E-state index contributed by atoms with van der Waals surface area (Å²) in [6.45, 7) is 3.90.